The minimum absolute atomic E-state index is 0.0219. The van der Waals surface area contributed by atoms with E-state index < -0.39 is 0 Å². The number of carbonyl (C=O) groups excluding carboxylic acids is 1. The fraction of sp³-hybridized carbons (Fsp3) is 0.316. The summed E-state index contributed by atoms with van der Waals surface area (Å²) in [5, 5.41) is 22.9. The summed E-state index contributed by atoms with van der Waals surface area (Å²) in [6, 6.07) is 14.2. The van der Waals surface area contributed by atoms with Crippen LogP contribution >= 0.6 is 0 Å². The standard InChI is InChI=1S/C19H21NO3/c21-15-8-3-5-13(11-15)17(16-9-1-2-10-18(16)22)12-19(23)20-14-6-4-7-14/h1-3,5,8-11,14,17,21-22H,4,6-7,12H2,(H,20,23)/t17-/m1/s1. The number of rotatable bonds is 5. The smallest absolute Gasteiger partial charge is 0.221 e. The summed E-state index contributed by atoms with van der Waals surface area (Å²) in [6.07, 6.45) is 3.50. The van der Waals surface area contributed by atoms with Crippen molar-refractivity contribution in [1.29, 1.82) is 0 Å². The van der Waals surface area contributed by atoms with E-state index in [1.165, 1.54) is 6.42 Å². The summed E-state index contributed by atoms with van der Waals surface area (Å²) >= 11 is 0. The second kappa shape index (κ2) is 6.73. The van der Waals surface area contributed by atoms with Crippen LogP contribution in [0.5, 0.6) is 11.5 Å². The molecule has 0 bridgehead atoms. The Morgan fingerprint density at radius 3 is 2.57 bits per heavy atom. The Hall–Kier alpha value is -2.49. The predicted molar refractivity (Wildman–Crippen MR) is 88.5 cm³/mol. The van der Waals surface area contributed by atoms with Gasteiger partial charge in [0.25, 0.3) is 0 Å². The number of para-hydroxylation sites is 1. The fourth-order valence-corrected chi connectivity index (χ4v) is 2.96. The molecule has 0 saturated heterocycles. The summed E-state index contributed by atoms with van der Waals surface area (Å²) in [7, 11) is 0. The SMILES string of the molecule is O=C(C[C@H](c1cccc(O)c1)c1ccccc1O)NC1CCC1. The summed E-state index contributed by atoms with van der Waals surface area (Å²) in [6.45, 7) is 0. The second-order valence-electron chi connectivity index (χ2n) is 6.11. The highest BCUT2D eigenvalue weighted by Crippen LogP contribution is 2.35. The van der Waals surface area contributed by atoms with Crippen LogP contribution in [0, 0.1) is 0 Å². The normalized spacial score (nSPS) is 15.7. The molecule has 1 fully saturated rings. The first-order valence-corrected chi connectivity index (χ1v) is 7.99. The molecule has 0 spiro atoms. The molecule has 120 valence electrons. The van der Waals surface area contributed by atoms with E-state index in [4.69, 9.17) is 0 Å². The molecule has 1 aliphatic rings. The molecule has 23 heavy (non-hydrogen) atoms. The molecule has 0 heterocycles. The van der Waals surface area contributed by atoms with E-state index in [1.54, 1.807) is 30.3 Å². The molecule has 1 atom stereocenters. The van der Waals surface area contributed by atoms with E-state index in [2.05, 4.69) is 5.32 Å². The van der Waals surface area contributed by atoms with Gasteiger partial charge in [-0.3, -0.25) is 4.79 Å². The van der Waals surface area contributed by atoms with Gasteiger partial charge < -0.3 is 15.5 Å². The van der Waals surface area contributed by atoms with Crippen LogP contribution in [0.25, 0.3) is 0 Å². The number of aromatic hydroxyl groups is 2. The lowest BCUT2D eigenvalue weighted by atomic mass is 9.86. The third-order valence-electron chi connectivity index (χ3n) is 4.44. The van der Waals surface area contributed by atoms with Crippen molar-refractivity contribution in [2.75, 3.05) is 0 Å². The molecule has 0 radical (unpaired) electrons. The van der Waals surface area contributed by atoms with Crippen LogP contribution in [-0.2, 0) is 4.79 Å². The van der Waals surface area contributed by atoms with E-state index in [-0.39, 0.29) is 35.8 Å². The quantitative estimate of drug-likeness (QED) is 0.793. The first kappa shape index (κ1) is 15.4. The topological polar surface area (TPSA) is 69.6 Å². The zero-order valence-corrected chi connectivity index (χ0v) is 12.9. The van der Waals surface area contributed by atoms with Crippen molar-refractivity contribution < 1.29 is 15.0 Å². The van der Waals surface area contributed by atoms with Gasteiger partial charge in [0, 0.05) is 23.9 Å². The maximum Gasteiger partial charge on any atom is 0.221 e. The third kappa shape index (κ3) is 3.65. The third-order valence-corrected chi connectivity index (χ3v) is 4.44. The predicted octanol–water partition coefficient (Wildman–Crippen LogP) is 3.29. The number of nitrogens with one attached hydrogen (secondary N) is 1. The van der Waals surface area contributed by atoms with Gasteiger partial charge in [-0.1, -0.05) is 30.3 Å². The van der Waals surface area contributed by atoms with Crippen molar-refractivity contribution in [1.82, 2.24) is 5.32 Å². The number of benzene rings is 2. The van der Waals surface area contributed by atoms with E-state index in [0.717, 1.165) is 18.4 Å². The number of carbonyl (C=O) groups is 1. The van der Waals surface area contributed by atoms with Crippen molar-refractivity contribution in [3.8, 4) is 11.5 Å². The lowest BCUT2D eigenvalue weighted by Crippen LogP contribution is -2.40. The Morgan fingerprint density at radius 2 is 1.91 bits per heavy atom. The molecule has 1 aliphatic carbocycles. The molecule has 3 N–H and O–H groups in total. The molecule has 0 aromatic heterocycles. The minimum atomic E-state index is -0.289. The average molecular weight is 311 g/mol. The fourth-order valence-electron chi connectivity index (χ4n) is 2.96. The van der Waals surface area contributed by atoms with Crippen molar-refractivity contribution in [3.05, 3.63) is 59.7 Å². The number of phenols is 2. The van der Waals surface area contributed by atoms with Gasteiger partial charge in [-0.15, -0.1) is 0 Å². The molecule has 3 rings (SSSR count). The maximum absolute atomic E-state index is 12.3. The molecular weight excluding hydrogens is 290 g/mol. The summed E-state index contributed by atoms with van der Waals surface area (Å²) in [5.41, 5.74) is 1.51. The van der Waals surface area contributed by atoms with E-state index in [1.807, 2.05) is 18.2 Å². The number of amides is 1. The van der Waals surface area contributed by atoms with Gasteiger partial charge in [0.15, 0.2) is 0 Å². The van der Waals surface area contributed by atoms with Gasteiger partial charge in [-0.2, -0.15) is 0 Å². The van der Waals surface area contributed by atoms with E-state index >= 15 is 0 Å². The maximum atomic E-state index is 12.3. The lowest BCUT2D eigenvalue weighted by molar-refractivity contribution is -0.122. The summed E-state index contributed by atoms with van der Waals surface area (Å²) in [5.74, 6) is 0.00859. The molecule has 0 aliphatic heterocycles. The lowest BCUT2D eigenvalue weighted by Gasteiger charge is -2.27. The van der Waals surface area contributed by atoms with Crippen LogP contribution < -0.4 is 5.32 Å². The molecule has 0 unspecified atom stereocenters. The highest BCUT2D eigenvalue weighted by molar-refractivity contribution is 5.78. The number of hydrogen-bond donors (Lipinski definition) is 3. The van der Waals surface area contributed by atoms with Crippen LogP contribution in [0.1, 0.15) is 42.7 Å². The van der Waals surface area contributed by atoms with Crippen LogP contribution in [0.15, 0.2) is 48.5 Å². The largest absolute Gasteiger partial charge is 0.508 e. The van der Waals surface area contributed by atoms with Gasteiger partial charge in [0.05, 0.1) is 0 Å². The average Bonchev–Trinajstić information content (AvgIpc) is 2.49. The molecular formula is C19H21NO3. The Balaban J connectivity index is 1.86. The highest BCUT2D eigenvalue weighted by Gasteiger charge is 2.24. The van der Waals surface area contributed by atoms with Crippen LogP contribution in [0.4, 0.5) is 0 Å². The first-order chi connectivity index (χ1) is 11.1. The van der Waals surface area contributed by atoms with Crippen LogP contribution in [0.2, 0.25) is 0 Å². The van der Waals surface area contributed by atoms with Gasteiger partial charge in [0.1, 0.15) is 11.5 Å². The molecule has 4 nitrogen and oxygen atoms in total. The first-order valence-electron chi connectivity index (χ1n) is 7.99. The Kier molecular flexibility index (Phi) is 4.51. The zero-order valence-electron chi connectivity index (χ0n) is 12.9. The Labute approximate surface area is 135 Å². The van der Waals surface area contributed by atoms with Crippen molar-refractivity contribution in [3.63, 3.8) is 0 Å². The number of hydrogen-bond acceptors (Lipinski definition) is 3. The molecule has 1 amide bonds. The van der Waals surface area contributed by atoms with Crippen molar-refractivity contribution in [2.24, 2.45) is 0 Å². The molecule has 1 saturated carbocycles. The summed E-state index contributed by atoms with van der Waals surface area (Å²) in [4.78, 5) is 12.3. The molecule has 2 aromatic carbocycles. The Bertz CT molecular complexity index is 695. The van der Waals surface area contributed by atoms with Gasteiger partial charge in [0.2, 0.25) is 5.91 Å². The molecule has 2 aromatic rings. The monoisotopic (exact) mass is 311 g/mol. The van der Waals surface area contributed by atoms with Gasteiger partial charge >= 0.3 is 0 Å². The highest BCUT2D eigenvalue weighted by atomic mass is 16.3. The van der Waals surface area contributed by atoms with Crippen molar-refractivity contribution in [2.45, 2.75) is 37.6 Å². The minimum Gasteiger partial charge on any atom is -0.508 e. The second-order valence-corrected chi connectivity index (χ2v) is 6.11. The zero-order chi connectivity index (χ0) is 16.2. The summed E-state index contributed by atoms with van der Waals surface area (Å²) < 4.78 is 0. The van der Waals surface area contributed by atoms with E-state index in [9.17, 15) is 15.0 Å². The van der Waals surface area contributed by atoms with Gasteiger partial charge in [-0.25, -0.2) is 0 Å². The number of phenolic OH excluding ortho intramolecular Hbond substituents is 2. The van der Waals surface area contributed by atoms with Crippen LogP contribution in [-0.4, -0.2) is 22.2 Å². The van der Waals surface area contributed by atoms with Crippen LogP contribution in [0.3, 0.4) is 0 Å². The van der Waals surface area contributed by atoms with Gasteiger partial charge in [-0.05, 0) is 43.0 Å². The Morgan fingerprint density at radius 1 is 1.13 bits per heavy atom. The van der Waals surface area contributed by atoms with E-state index in [0.29, 0.717) is 5.56 Å². The van der Waals surface area contributed by atoms with Crippen molar-refractivity contribution >= 4 is 5.91 Å². The molecule has 4 heteroatoms.